The van der Waals surface area contributed by atoms with E-state index in [-0.39, 0.29) is 24.0 Å². The minimum absolute atomic E-state index is 0.0195. The molecule has 3 rings (SSSR count). The number of rotatable bonds is 7. The monoisotopic (exact) mass is 343 g/mol. The van der Waals surface area contributed by atoms with Gasteiger partial charge in [-0.15, -0.1) is 0 Å². The zero-order valence-corrected chi connectivity index (χ0v) is 13.5. The third-order valence-corrected chi connectivity index (χ3v) is 4.07. The van der Waals surface area contributed by atoms with Gasteiger partial charge in [0.15, 0.2) is 0 Å². The Hall–Kier alpha value is -2.80. The molecule has 1 fully saturated rings. The number of hydrogen-bond acceptors (Lipinski definition) is 4. The summed E-state index contributed by atoms with van der Waals surface area (Å²) in [6, 6.07) is 12.4. The highest BCUT2D eigenvalue weighted by molar-refractivity contribution is 5.92. The molecule has 2 aromatic rings. The van der Waals surface area contributed by atoms with Crippen molar-refractivity contribution in [3.8, 4) is 0 Å². The summed E-state index contributed by atoms with van der Waals surface area (Å²) < 4.78 is 13.0. The van der Waals surface area contributed by atoms with E-state index in [0.29, 0.717) is 18.3 Å². The Bertz CT molecular complexity index is 758. The van der Waals surface area contributed by atoms with Crippen molar-refractivity contribution in [3.05, 3.63) is 70.0 Å². The standard InChI is InChI=1S/C18H18FN3O3/c19-14-3-1-13(2-4-14)11-21(16-9-10-16)12-18(23)20-15-5-7-17(8-6-15)22(24)25/h1-8,16H,9-12H2,(H,20,23). The van der Waals surface area contributed by atoms with Crippen molar-refractivity contribution < 1.29 is 14.1 Å². The molecule has 1 saturated carbocycles. The van der Waals surface area contributed by atoms with Crippen molar-refractivity contribution in [1.82, 2.24) is 4.90 Å². The Labute approximate surface area is 144 Å². The highest BCUT2D eigenvalue weighted by Gasteiger charge is 2.30. The second kappa shape index (κ2) is 7.40. The van der Waals surface area contributed by atoms with Crippen LogP contribution in [0.25, 0.3) is 0 Å². The number of non-ortho nitro benzene ring substituents is 1. The maximum atomic E-state index is 13.0. The highest BCUT2D eigenvalue weighted by Crippen LogP contribution is 2.28. The number of amides is 1. The van der Waals surface area contributed by atoms with Crippen LogP contribution in [-0.2, 0) is 11.3 Å². The van der Waals surface area contributed by atoms with E-state index >= 15 is 0 Å². The van der Waals surface area contributed by atoms with Crippen molar-refractivity contribution >= 4 is 17.3 Å². The molecule has 0 atom stereocenters. The van der Waals surface area contributed by atoms with Gasteiger partial charge in [-0.1, -0.05) is 12.1 Å². The molecule has 1 amide bonds. The Balaban J connectivity index is 1.59. The van der Waals surface area contributed by atoms with Gasteiger partial charge in [0.25, 0.3) is 5.69 Å². The fourth-order valence-corrected chi connectivity index (χ4v) is 2.63. The van der Waals surface area contributed by atoms with E-state index in [1.165, 1.54) is 36.4 Å². The quantitative estimate of drug-likeness (QED) is 0.618. The van der Waals surface area contributed by atoms with Crippen molar-refractivity contribution in [1.29, 1.82) is 0 Å². The Morgan fingerprint density at radius 2 is 1.80 bits per heavy atom. The van der Waals surface area contributed by atoms with E-state index < -0.39 is 4.92 Å². The molecule has 25 heavy (non-hydrogen) atoms. The molecule has 0 unspecified atom stereocenters. The van der Waals surface area contributed by atoms with Crippen LogP contribution in [0.15, 0.2) is 48.5 Å². The fourth-order valence-electron chi connectivity index (χ4n) is 2.63. The maximum Gasteiger partial charge on any atom is 0.269 e. The molecule has 0 bridgehead atoms. The average Bonchev–Trinajstić information content (AvgIpc) is 3.41. The molecule has 2 aromatic carbocycles. The average molecular weight is 343 g/mol. The molecular formula is C18H18FN3O3. The van der Waals surface area contributed by atoms with Gasteiger partial charge >= 0.3 is 0 Å². The highest BCUT2D eigenvalue weighted by atomic mass is 19.1. The van der Waals surface area contributed by atoms with Crippen LogP contribution in [0.3, 0.4) is 0 Å². The first-order chi connectivity index (χ1) is 12.0. The lowest BCUT2D eigenvalue weighted by atomic mass is 10.2. The molecule has 0 aliphatic heterocycles. The number of anilines is 1. The molecule has 0 heterocycles. The number of nitrogens with zero attached hydrogens (tertiary/aromatic N) is 2. The predicted molar refractivity (Wildman–Crippen MR) is 91.6 cm³/mol. The molecule has 0 aromatic heterocycles. The lowest BCUT2D eigenvalue weighted by Gasteiger charge is -2.21. The molecular weight excluding hydrogens is 325 g/mol. The van der Waals surface area contributed by atoms with Gasteiger partial charge in [0.2, 0.25) is 5.91 Å². The van der Waals surface area contributed by atoms with Crippen LogP contribution in [0.2, 0.25) is 0 Å². The lowest BCUT2D eigenvalue weighted by Crippen LogP contribution is -2.34. The van der Waals surface area contributed by atoms with Crippen molar-refractivity contribution in [2.24, 2.45) is 0 Å². The number of carbonyl (C=O) groups is 1. The maximum absolute atomic E-state index is 13.0. The van der Waals surface area contributed by atoms with Crippen LogP contribution in [0.4, 0.5) is 15.8 Å². The van der Waals surface area contributed by atoms with Crippen LogP contribution in [-0.4, -0.2) is 28.3 Å². The number of carbonyl (C=O) groups excluding carboxylic acids is 1. The summed E-state index contributed by atoms with van der Waals surface area (Å²) in [7, 11) is 0. The smallest absolute Gasteiger partial charge is 0.269 e. The molecule has 130 valence electrons. The van der Waals surface area contributed by atoms with Crippen molar-refractivity contribution in [2.45, 2.75) is 25.4 Å². The number of hydrogen-bond donors (Lipinski definition) is 1. The first kappa shape index (κ1) is 17.0. The molecule has 1 aliphatic rings. The number of nitrogens with one attached hydrogen (secondary N) is 1. The Morgan fingerprint density at radius 1 is 1.16 bits per heavy atom. The number of halogens is 1. The summed E-state index contributed by atoms with van der Waals surface area (Å²) >= 11 is 0. The molecule has 0 saturated heterocycles. The normalized spacial score (nSPS) is 13.7. The van der Waals surface area contributed by atoms with Gasteiger partial charge in [0.1, 0.15) is 5.82 Å². The van der Waals surface area contributed by atoms with Crippen LogP contribution < -0.4 is 5.32 Å². The third kappa shape index (κ3) is 4.84. The first-order valence-corrected chi connectivity index (χ1v) is 8.04. The van der Waals surface area contributed by atoms with Gasteiger partial charge in [0, 0.05) is 30.4 Å². The van der Waals surface area contributed by atoms with E-state index in [4.69, 9.17) is 0 Å². The summed E-state index contributed by atoms with van der Waals surface area (Å²) in [5.74, 6) is -0.458. The Kier molecular flexibility index (Phi) is 5.04. The third-order valence-electron chi connectivity index (χ3n) is 4.07. The van der Waals surface area contributed by atoms with Gasteiger partial charge in [0.05, 0.1) is 11.5 Å². The zero-order chi connectivity index (χ0) is 17.8. The SMILES string of the molecule is O=C(CN(Cc1ccc(F)cc1)C1CC1)Nc1ccc([N+](=O)[O-])cc1. The van der Waals surface area contributed by atoms with E-state index in [1.807, 2.05) is 0 Å². The number of benzene rings is 2. The minimum Gasteiger partial charge on any atom is -0.325 e. The van der Waals surface area contributed by atoms with Crippen molar-refractivity contribution in [3.63, 3.8) is 0 Å². The molecule has 6 nitrogen and oxygen atoms in total. The van der Waals surface area contributed by atoms with Crippen molar-refractivity contribution in [2.75, 3.05) is 11.9 Å². The molecule has 0 radical (unpaired) electrons. The topological polar surface area (TPSA) is 75.5 Å². The Morgan fingerprint density at radius 3 is 2.36 bits per heavy atom. The molecule has 1 aliphatic carbocycles. The summed E-state index contributed by atoms with van der Waals surface area (Å²) in [6.45, 7) is 0.803. The zero-order valence-electron chi connectivity index (χ0n) is 13.5. The molecule has 1 N–H and O–H groups in total. The summed E-state index contributed by atoms with van der Waals surface area (Å²) in [5.41, 5.74) is 1.46. The largest absolute Gasteiger partial charge is 0.325 e. The number of nitro groups is 1. The first-order valence-electron chi connectivity index (χ1n) is 8.04. The summed E-state index contributed by atoms with van der Waals surface area (Å²) in [6.07, 6.45) is 2.10. The van der Waals surface area contributed by atoms with Gasteiger partial charge in [-0.25, -0.2) is 4.39 Å². The second-order valence-electron chi connectivity index (χ2n) is 6.11. The summed E-state index contributed by atoms with van der Waals surface area (Å²) in [5, 5.41) is 13.4. The summed E-state index contributed by atoms with van der Waals surface area (Å²) in [4.78, 5) is 24.5. The van der Waals surface area contributed by atoms with Crippen LogP contribution in [0, 0.1) is 15.9 Å². The van der Waals surface area contributed by atoms with E-state index in [1.54, 1.807) is 12.1 Å². The van der Waals surface area contributed by atoms with Gasteiger partial charge in [-0.2, -0.15) is 0 Å². The van der Waals surface area contributed by atoms with E-state index in [0.717, 1.165) is 18.4 Å². The van der Waals surface area contributed by atoms with E-state index in [9.17, 15) is 19.3 Å². The van der Waals surface area contributed by atoms with Crippen LogP contribution >= 0.6 is 0 Å². The van der Waals surface area contributed by atoms with Gasteiger partial charge in [-0.3, -0.25) is 19.8 Å². The van der Waals surface area contributed by atoms with Crippen LogP contribution in [0.1, 0.15) is 18.4 Å². The fraction of sp³-hybridized carbons (Fsp3) is 0.278. The van der Waals surface area contributed by atoms with Crippen LogP contribution in [0.5, 0.6) is 0 Å². The number of nitro benzene ring substituents is 1. The van der Waals surface area contributed by atoms with Gasteiger partial charge < -0.3 is 5.32 Å². The molecule has 7 heteroatoms. The predicted octanol–water partition coefficient (Wildman–Crippen LogP) is 3.34. The second-order valence-corrected chi connectivity index (χ2v) is 6.11. The lowest BCUT2D eigenvalue weighted by molar-refractivity contribution is -0.384. The van der Waals surface area contributed by atoms with E-state index in [2.05, 4.69) is 10.2 Å². The minimum atomic E-state index is -0.483. The molecule has 0 spiro atoms. The van der Waals surface area contributed by atoms with Gasteiger partial charge in [-0.05, 0) is 42.7 Å².